The number of oxazole rings is 1. The van der Waals surface area contributed by atoms with Crippen molar-refractivity contribution in [1.82, 2.24) is 20.1 Å². The summed E-state index contributed by atoms with van der Waals surface area (Å²) in [4.78, 5) is 27.4. The lowest BCUT2D eigenvalue weighted by atomic mass is 10.0. The SMILES string of the molecule is COCCN(C)CCn1c(=O)oc2ccc(-c3ccc(CC(C#N)NC(=O)C4CNCCC(OC)CO4)cc3)cc21. The number of carbonyl (C=O) groups is 1. The number of methoxy groups -OCH3 is 2. The van der Waals surface area contributed by atoms with E-state index in [0.717, 1.165) is 41.7 Å². The fourth-order valence-corrected chi connectivity index (χ4v) is 4.76. The van der Waals surface area contributed by atoms with E-state index in [1.165, 1.54) is 0 Å². The summed E-state index contributed by atoms with van der Waals surface area (Å²) >= 11 is 0. The molecule has 3 aromatic rings. The highest BCUT2D eigenvalue weighted by Crippen LogP contribution is 2.25. The summed E-state index contributed by atoms with van der Waals surface area (Å²) < 4.78 is 23.3. The van der Waals surface area contributed by atoms with E-state index in [0.29, 0.717) is 44.9 Å². The van der Waals surface area contributed by atoms with Gasteiger partial charge in [-0.15, -0.1) is 0 Å². The third-order valence-corrected chi connectivity index (χ3v) is 7.33. The Balaban J connectivity index is 1.40. The third-order valence-electron chi connectivity index (χ3n) is 7.33. The van der Waals surface area contributed by atoms with Crippen LogP contribution < -0.4 is 16.4 Å². The molecule has 1 fully saturated rings. The van der Waals surface area contributed by atoms with Crippen molar-refractivity contribution in [2.24, 2.45) is 0 Å². The van der Waals surface area contributed by atoms with Gasteiger partial charge >= 0.3 is 5.76 Å². The van der Waals surface area contributed by atoms with Gasteiger partial charge < -0.3 is 34.2 Å². The van der Waals surface area contributed by atoms with Crippen LogP contribution in [-0.2, 0) is 32.0 Å². The normalized spacial score (nSPS) is 18.5. The zero-order chi connectivity index (χ0) is 29.2. The first-order chi connectivity index (χ1) is 19.9. The van der Waals surface area contributed by atoms with Crippen LogP contribution in [-0.4, -0.2) is 94.3 Å². The molecule has 3 atom stereocenters. The average Bonchev–Trinajstić information content (AvgIpc) is 3.28. The second kappa shape index (κ2) is 14.9. The molecule has 11 heteroatoms. The molecule has 2 N–H and O–H groups in total. The second-order valence-electron chi connectivity index (χ2n) is 10.3. The largest absolute Gasteiger partial charge is 0.419 e. The standard InChI is InChI=1S/C30H39N5O6/c1-34(14-15-38-2)12-13-35-26-17-23(8-9-27(26)41-30(35)37)22-6-4-21(5-7-22)16-24(18-31)33-29(36)28-19-32-11-10-25(39-3)20-40-28/h4-9,17,24-25,28,32H,10-16,19-20H2,1-3H3,(H,33,36). The van der Waals surface area contributed by atoms with Gasteiger partial charge in [0.2, 0.25) is 0 Å². The molecule has 1 saturated heterocycles. The van der Waals surface area contributed by atoms with Gasteiger partial charge in [0.25, 0.3) is 5.91 Å². The molecule has 2 aromatic carbocycles. The predicted octanol–water partition coefficient (Wildman–Crippen LogP) is 1.78. The molecule has 41 heavy (non-hydrogen) atoms. The van der Waals surface area contributed by atoms with E-state index >= 15 is 0 Å². The Bertz CT molecular complexity index is 1380. The molecule has 0 bridgehead atoms. The number of fused-ring (bicyclic) bond motifs is 1. The number of aromatic nitrogens is 1. The maximum absolute atomic E-state index is 12.8. The third kappa shape index (κ3) is 8.25. The Morgan fingerprint density at radius 3 is 2.73 bits per heavy atom. The molecule has 0 saturated carbocycles. The Morgan fingerprint density at radius 2 is 2.00 bits per heavy atom. The van der Waals surface area contributed by atoms with Gasteiger partial charge in [-0.05, 0) is 48.8 Å². The predicted molar refractivity (Wildman–Crippen MR) is 155 cm³/mol. The Kier molecular flexibility index (Phi) is 11.1. The first-order valence-corrected chi connectivity index (χ1v) is 13.9. The van der Waals surface area contributed by atoms with E-state index in [1.54, 1.807) is 18.8 Å². The molecule has 1 aliphatic heterocycles. The number of ether oxygens (including phenoxy) is 3. The number of carbonyl (C=O) groups excluding carboxylic acids is 1. The molecule has 220 valence electrons. The number of nitriles is 1. The van der Waals surface area contributed by atoms with E-state index in [-0.39, 0.29) is 17.8 Å². The fourth-order valence-electron chi connectivity index (χ4n) is 4.76. The molecule has 3 unspecified atom stereocenters. The van der Waals surface area contributed by atoms with E-state index in [2.05, 4.69) is 21.6 Å². The number of rotatable bonds is 12. The zero-order valence-corrected chi connectivity index (χ0v) is 23.9. The number of benzene rings is 2. The maximum Gasteiger partial charge on any atom is 0.419 e. The Labute approximate surface area is 240 Å². The summed E-state index contributed by atoms with van der Waals surface area (Å²) in [6.07, 6.45) is 0.412. The van der Waals surface area contributed by atoms with E-state index in [9.17, 15) is 14.9 Å². The van der Waals surface area contributed by atoms with Crippen molar-refractivity contribution < 1.29 is 23.4 Å². The van der Waals surface area contributed by atoms with Gasteiger partial charge in [0.15, 0.2) is 5.58 Å². The fraction of sp³-hybridized carbons (Fsp3) is 0.500. The Morgan fingerprint density at radius 1 is 1.22 bits per heavy atom. The van der Waals surface area contributed by atoms with E-state index in [4.69, 9.17) is 18.6 Å². The number of amides is 1. The summed E-state index contributed by atoms with van der Waals surface area (Å²) in [6.45, 7) is 4.04. The van der Waals surface area contributed by atoms with Gasteiger partial charge in [-0.25, -0.2) is 4.79 Å². The molecule has 0 aliphatic carbocycles. The molecule has 0 radical (unpaired) electrons. The number of nitrogens with zero attached hydrogens (tertiary/aromatic N) is 3. The van der Waals surface area contributed by atoms with Gasteiger partial charge in [-0.3, -0.25) is 9.36 Å². The molecule has 11 nitrogen and oxygen atoms in total. The van der Waals surface area contributed by atoms with Crippen molar-refractivity contribution in [3.8, 4) is 17.2 Å². The monoisotopic (exact) mass is 565 g/mol. The molecule has 1 aliphatic rings. The van der Waals surface area contributed by atoms with Crippen LogP contribution in [0.25, 0.3) is 22.2 Å². The van der Waals surface area contributed by atoms with Gasteiger partial charge in [0.1, 0.15) is 12.1 Å². The van der Waals surface area contributed by atoms with Crippen molar-refractivity contribution in [1.29, 1.82) is 5.26 Å². The van der Waals surface area contributed by atoms with Gasteiger partial charge in [-0.1, -0.05) is 30.3 Å². The highest BCUT2D eigenvalue weighted by molar-refractivity contribution is 5.82. The van der Waals surface area contributed by atoms with Crippen LogP contribution in [0.4, 0.5) is 0 Å². The molecular formula is C30H39N5O6. The number of hydrogen-bond donors (Lipinski definition) is 2. The smallest absolute Gasteiger partial charge is 0.408 e. The van der Waals surface area contributed by atoms with Crippen molar-refractivity contribution in [3.63, 3.8) is 0 Å². The number of nitrogens with one attached hydrogen (secondary N) is 2. The van der Waals surface area contributed by atoms with Crippen molar-refractivity contribution in [3.05, 3.63) is 58.6 Å². The summed E-state index contributed by atoms with van der Waals surface area (Å²) in [5.41, 5.74) is 4.11. The molecular weight excluding hydrogens is 526 g/mol. The maximum atomic E-state index is 12.8. The summed E-state index contributed by atoms with van der Waals surface area (Å²) in [6, 6.07) is 15.0. The number of likely N-dealkylation sites (N-methyl/N-ethyl adjacent to an activating group) is 1. The summed E-state index contributed by atoms with van der Waals surface area (Å²) in [7, 11) is 5.28. The lowest BCUT2D eigenvalue weighted by Crippen LogP contribution is -2.49. The Hall–Kier alpha value is -3.53. The van der Waals surface area contributed by atoms with Crippen LogP contribution in [0, 0.1) is 11.3 Å². The first-order valence-electron chi connectivity index (χ1n) is 13.9. The highest BCUT2D eigenvalue weighted by atomic mass is 16.5. The minimum atomic E-state index is -0.695. The molecule has 2 heterocycles. The lowest BCUT2D eigenvalue weighted by Gasteiger charge is -2.25. The van der Waals surface area contributed by atoms with Crippen LogP contribution in [0.2, 0.25) is 0 Å². The van der Waals surface area contributed by atoms with Crippen molar-refractivity contribution in [2.45, 2.75) is 37.6 Å². The quantitative estimate of drug-likeness (QED) is 0.337. The summed E-state index contributed by atoms with van der Waals surface area (Å²) in [5.74, 6) is -0.696. The van der Waals surface area contributed by atoms with Gasteiger partial charge in [0.05, 0.1) is 30.9 Å². The van der Waals surface area contributed by atoms with E-state index < -0.39 is 12.1 Å². The van der Waals surface area contributed by atoms with Crippen LogP contribution in [0.1, 0.15) is 12.0 Å². The van der Waals surface area contributed by atoms with Crippen molar-refractivity contribution >= 4 is 17.0 Å². The van der Waals surface area contributed by atoms with Crippen LogP contribution in [0.3, 0.4) is 0 Å². The number of hydrogen-bond acceptors (Lipinski definition) is 9. The average molecular weight is 566 g/mol. The minimum absolute atomic E-state index is 0.0714. The first kappa shape index (κ1) is 30.4. The topological polar surface area (TPSA) is 131 Å². The van der Waals surface area contributed by atoms with Crippen LogP contribution in [0.15, 0.2) is 51.7 Å². The van der Waals surface area contributed by atoms with Crippen LogP contribution >= 0.6 is 0 Å². The summed E-state index contributed by atoms with van der Waals surface area (Å²) in [5, 5.41) is 15.7. The van der Waals surface area contributed by atoms with Gasteiger partial charge in [-0.2, -0.15) is 5.26 Å². The second-order valence-corrected chi connectivity index (χ2v) is 10.3. The molecule has 4 rings (SSSR count). The van der Waals surface area contributed by atoms with Crippen molar-refractivity contribution in [2.75, 3.05) is 60.7 Å². The highest BCUT2D eigenvalue weighted by Gasteiger charge is 2.25. The molecule has 1 aromatic heterocycles. The van der Waals surface area contributed by atoms with Gasteiger partial charge in [0, 0.05) is 46.8 Å². The molecule has 0 spiro atoms. The molecule has 1 amide bonds. The minimum Gasteiger partial charge on any atom is -0.408 e. The lowest BCUT2D eigenvalue weighted by molar-refractivity contribution is -0.136. The van der Waals surface area contributed by atoms with Crippen LogP contribution in [0.5, 0.6) is 0 Å². The zero-order valence-electron chi connectivity index (χ0n) is 23.9. The van der Waals surface area contributed by atoms with E-state index in [1.807, 2.05) is 49.5 Å².